The van der Waals surface area contributed by atoms with Gasteiger partial charge in [0.25, 0.3) is 5.91 Å². The van der Waals surface area contributed by atoms with Crippen molar-refractivity contribution in [3.63, 3.8) is 0 Å². The molecule has 0 aliphatic heterocycles. The highest BCUT2D eigenvalue weighted by molar-refractivity contribution is 7.10. The SMILES string of the molecule is CCCNC(=O)c1cccc(CNC(=NC)NCC(C)c2cccs2)c1. The van der Waals surface area contributed by atoms with E-state index in [-0.39, 0.29) is 5.91 Å². The molecule has 26 heavy (non-hydrogen) atoms. The zero-order chi connectivity index (χ0) is 18.8. The fourth-order valence-corrected chi connectivity index (χ4v) is 3.28. The smallest absolute Gasteiger partial charge is 0.251 e. The summed E-state index contributed by atoms with van der Waals surface area (Å²) < 4.78 is 0. The summed E-state index contributed by atoms with van der Waals surface area (Å²) in [5, 5.41) is 11.7. The van der Waals surface area contributed by atoms with Gasteiger partial charge in [-0.05, 0) is 35.6 Å². The van der Waals surface area contributed by atoms with Crippen LogP contribution in [0, 0.1) is 0 Å². The van der Waals surface area contributed by atoms with Crippen molar-refractivity contribution in [1.82, 2.24) is 16.0 Å². The van der Waals surface area contributed by atoms with Crippen LogP contribution in [0.3, 0.4) is 0 Å². The van der Waals surface area contributed by atoms with Crippen molar-refractivity contribution >= 4 is 23.2 Å². The second-order valence-corrected chi connectivity index (χ2v) is 7.16. The third kappa shape index (κ3) is 6.19. The minimum atomic E-state index is -0.0269. The number of hydrogen-bond acceptors (Lipinski definition) is 3. The number of rotatable bonds is 8. The molecule has 0 saturated heterocycles. The number of aliphatic imine (C=N–C) groups is 1. The molecule has 0 fully saturated rings. The van der Waals surface area contributed by atoms with E-state index in [4.69, 9.17) is 0 Å². The van der Waals surface area contributed by atoms with Gasteiger partial charge in [0, 0.05) is 43.0 Å². The maximum absolute atomic E-state index is 12.1. The summed E-state index contributed by atoms with van der Waals surface area (Å²) in [5.41, 5.74) is 1.73. The lowest BCUT2D eigenvalue weighted by Crippen LogP contribution is -2.38. The highest BCUT2D eigenvalue weighted by atomic mass is 32.1. The summed E-state index contributed by atoms with van der Waals surface area (Å²) >= 11 is 1.77. The number of hydrogen-bond donors (Lipinski definition) is 3. The molecule has 1 unspecified atom stereocenters. The number of carbonyl (C=O) groups excluding carboxylic acids is 1. The van der Waals surface area contributed by atoms with Gasteiger partial charge in [-0.25, -0.2) is 0 Å². The topological polar surface area (TPSA) is 65.5 Å². The molecule has 0 aliphatic carbocycles. The van der Waals surface area contributed by atoms with E-state index in [9.17, 15) is 4.79 Å². The summed E-state index contributed by atoms with van der Waals surface area (Å²) in [6.45, 7) is 6.37. The van der Waals surface area contributed by atoms with Crippen molar-refractivity contribution < 1.29 is 4.79 Å². The van der Waals surface area contributed by atoms with Gasteiger partial charge in [-0.1, -0.05) is 32.0 Å². The van der Waals surface area contributed by atoms with E-state index in [2.05, 4.69) is 45.4 Å². The lowest BCUT2D eigenvalue weighted by Gasteiger charge is -2.15. The highest BCUT2D eigenvalue weighted by Crippen LogP contribution is 2.19. The third-order valence-electron chi connectivity index (χ3n) is 4.01. The molecule has 0 bridgehead atoms. The Kier molecular flexibility index (Phi) is 8.15. The van der Waals surface area contributed by atoms with E-state index in [1.165, 1.54) is 4.88 Å². The van der Waals surface area contributed by atoms with Gasteiger partial charge in [-0.2, -0.15) is 0 Å². The maximum Gasteiger partial charge on any atom is 0.251 e. The molecule has 0 radical (unpaired) electrons. The Labute approximate surface area is 159 Å². The van der Waals surface area contributed by atoms with E-state index in [1.807, 2.05) is 31.2 Å². The van der Waals surface area contributed by atoms with Crippen LogP contribution in [0.5, 0.6) is 0 Å². The van der Waals surface area contributed by atoms with Crippen LogP contribution >= 0.6 is 11.3 Å². The Morgan fingerprint density at radius 1 is 1.19 bits per heavy atom. The fraction of sp³-hybridized carbons (Fsp3) is 0.400. The largest absolute Gasteiger partial charge is 0.356 e. The predicted molar refractivity (Wildman–Crippen MR) is 110 cm³/mol. The minimum Gasteiger partial charge on any atom is -0.356 e. The zero-order valence-electron chi connectivity index (χ0n) is 15.7. The fourth-order valence-electron chi connectivity index (χ4n) is 2.49. The summed E-state index contributed by atoms with van der Waals surface area (Å²) in [6, 6.07) is 11.9. The third-order valence-corrected chi connectivity index (χ3v) is 5.12. The summed E-state index contributed by atoms with van der Waals surface area (Å²) in [6.07, 6.45) is 0.929. The van der Waals surface area contributed by atoms with Crippen LogP contribution in [0.4, 0.5) is 0 Å². The molecule has 1 heterocycles. The average Bonchev–Trinajstić information content (AvgIpc) is 3.21. The average molecular weight is 373 g/mol. The Morgan fingerprint density at radius 2 is 2.04 bits per heavy atom. The maximum atomic E-state index is 12.1. The molecule has 1 aromatic heterocycles. The van der Waals surface area contributed by atoms with Gasteiger partial charge in [0.1, 0.15) is 0 Å². The van der Waals surface area contributed by atoms with Crippen LogP contribution in [-0.2, 0) is 6.54 Å². The molecular formula is C20H28N4OS. The highest BCUT2D eigenvalue weighted by Gasteiger charge is 2.08. The van der Waals surface area contributed by atoms with Gasteiger partial charge < -0.3 is 16.0 Å². The molecule has 2 rings (SSSR count). The molecule has 0 aliphatic rings. The first-order valence-corrected chi connectivity index (χ1v) is 9.87. The first-order valence-electron chi connectivity index (χ1n) is 8.99. The second-order valence-electron chi connectivity index (χ2n) is 6.18. The second kappa shape index (κ2) is 10.6. The van der Waals surface area contributed by atoms with E-state index >= 15 is 0 Å². The first kappa shape index (κ1) is 20.0. The van der Waals surface area contributed by atoms with Crippen LogP contribution in [-0.4, -0.2) is 32.0 Å². The molecule has 140 valence electrons. The van der Waals surface area contributed by atoms with Crippen LogP contribution in [0.1, 0.15) is 47.0 Å². The molecule has 1 aromatic carbocycles. The normalized spacial score (nSPS) is 12.5. The van der Waals surface area contributed by atoms with Gasteiger partial charge in [0.05, 0.1) is 0 Å². The summed E-state index contributed by atoms with van der Waals surface area (Å²) in [7, 11) is 1.76. The number of guanidine groups is 1. The Hall–Kier alpha value is -2.34. The number of nitrogens with zero attached hydrogens (tertiary/aromatic N) is 1. The Morgan fingerprint density at radius 3 is 2.73 bits per heavy atom. The van der Waals surface area contributed by atoms with Gasteiger partial charge in [-0.3, -0.25) is 9.79 Å². The van der Waals surface area contributed by atoms with Crippen molar-refractivity contribution in [1.29, 1.82) is 0 Å². The summed E-state index contributed by atoms with van der Waals surface area (Å²) in [4.78, 5) is 17.7. The van der Waals surface area contributed by atoms with Gasteiger partial charge >= 0.3 is 0 Å². The van der Waals surface area contributed by atoms with E-state index in [1.54, 1.807) is 18.4 Å². The van der Waals surface area contributed by atoms with Gasteiger partial charge in [0.2, 0.25) is 0 Å². The van der Waals surface area contributed by atoms with E-state index in [0.717, 1.165) is 24.5 Å². The standard InChI is InChI=1S/C20H28N4OS/c1-4-10-22-19(25)17-8-5-7-16(12-17)14-24-20(21-3)23-13-15(2)18-9-6-11-26-18/h5-9,11-12,15H,4,10,13-14H2,1-3H3,(H,22,25)(H2,21,23,24). The number of amides is 1. The van der Waals surface area contributed by atoms with Crippen LogP contribution < -0.4 is 16.0 Å². The molecular weight excluding hydrogens is 344 g/mol. The molecule has 1 amide bonds. The van der Waals surface area contributed by atoms with E-state index in [0.29, 0.717) is 24.6 Å². The zero-order valence-corrected chi connectivity index (χ0v) is 16.5. The number of nitrogens with one attached hydrogen (secondary N) is 3. The number of carbonyl (C=O) groups is 1. The Bertz CT molecular complexity index is 712. The number of thiophene rings is 1. The predicted octanol–water partition coefficient (Wildman–Crippen LogP) is 3.36. The van der Waals surface area contributed by atoms with Crippen molar-refractivity contribution in [2.45, 2.75) is 32.7 Å². The van der Waals surface area contributed by atoms with Crippen molar-refractivity contribution in [2.75, 3.05) is 20.1 Å². The van der Waals surface area contributed by atoms with Gasteiger partial charge in [-0.15, -0.1) is 11.3 Å². The lowest BCUT2D eigenvalue weighted by molar-refractivity contribution is 0.0953. The molecule has 3 N–H and O–H groups in total. The summed E-state index contributed by atoms with van der Waals surface area (Å²) in [5.74, 6) is 1.16. The van der Waals surface area contributed by atoms with Crippen molar-refractivity contribution in [2.24, 2.45) is 4.99 Å². The molecule has 6 heteroatoms. The van der Waals surface area contributed by atoms with Crippen LogP contribution in [0.15, 0.2) is 46.8 Å². The molecule has 2 aromatic rings. The molecule has 0 saturated carbocycles. The van der Waals surface area contributed by atoms with Gasteiger partial charge in [0.15, 0.2) is 5.96 Å². The monoisotopic (exact) mass is 372 g/mol. The molecule has 0 spiro atoms. The Balaban J connectivity index is 1.85. The van der Waals surface area contributed by atoms with Crippen LogP contribution in [0.25, 0.3) is 0 Å². The van der Waals surface area contributed by atoms with Crippen molar-refractivity contribution in [3.05, 3.63) is 57.8 Å². The minimum absolute atomic E-state index is 0.0269. The lowest BCUT2D eigenvalue weighted by atomic mass is 10.1. The molecule has 1 atom stereocenters. The van der Waals surface area contributed by atoms with Crippen LogP contribution in [0.2, 0.25) is 0 Å². The van der Waals surface area contributed by atoms with Crippen molar-refractivity contribution in [3.8, 4) is 0 Å². The quantitative estimate of drug-likeness (QED) is 0.492. The van der Waals surface area contributed by atoms with E-state index < -0.39 is 0 Å². The number of benzene rings is 1. The first-order chi connectivity index (χ1) is 12.6. The molecule has 5 nitrogen and oxygen atoms in total.